The minimum Gasteiger partial charge on any atom is -0.314 e. The van der Waals surface area contributed by atoms with Crippen molar-refractivity contribution in [1.82, 2.24) is 5.32 Å². The number of carbonyl (C=O) groups is 1. The Labute approximate surface area is 56.6 Å². The molecule has 10 heavy (non-hydrogen) atoms. The second-order valence-corrected chi connectivity index (χ2v) is 1.92. The molecular weight excluding hydrogens is 132 g/mol. The van der Waals surface area contributed by atoms with E-state index < -0.39 is 6.04 Å². The summed E-state index contributed by atoms with van der Waals surface area (Å²) in [5.41, 5.74) is 0. The summed E-state index contributed by atoms with van der Waals surface area (Å²) in [6.07, 6.45) is 2.68. The number of amides is 1. The second kappa shape index (κ2) is 1.73. The molecule has 0 spiro atoms. The maximum absolute atomic E-state index is 10.9. The number of amidine groups is 1. The number of nitrogens with one attached hydrogen (secondary N) is 1. The van der Waals surface area contributed by atoms with Crippen molar-refractivity contribution >= 4 is 24.4 Å². The van der Waals surface area contributed by atoms with E-state index in [1.807, 2.05) is 0 Å². The summed E-state index contributed by atoms with van der Waals surface area (Å²) in [5, 5.41) is 2.43. The van der Waals surface area contributed by atoms with Gasteiger partial charge in [0.15, 0.2) is 11.9 Å². The van der Waals surface area contributed by atoms with Crippen molar-refractivity contribution in [1.29, 1.82) is 0 Å². The maximum Gasteiger partial charge on any atom is 0.257 e. The summed E-state index contributed by atoms with van der Waals surface area (Å²) in [5.74, 6) is 0.311. The first kappa shape index (κ1) is 5.28. The van der Waals surface area contributed by atoms with Crippen molar-refractivity contribution in [2.75, 3.05) is 0 Å². The van der Waals surface area contributed by atoms with Gasteiger partial charge in [-0.15, -0.1) is 0 Å². The van der Waals surface area contributed by atoms with Gasteiger partial charge in [0.25, 0.3) is 5.91 Å². The third-order valence-electron chi connectivity index (χ3n) is 1.30. The molecule has 2 aliphatic heterocycles. The highest BCUT2D eigenvalue weighted by molar-refractivity contribution is 6.19. The van der Waals surface area contributed by atoms with E-state index >= 15 is 0 Å². The number of rotatable bonds is 0. The van der Waals surface area contributed by atoms with Crippen LogP contribution in [0.2, 0.25) is 0 Å². The van der Waals surface area contributed by atoms with Crippen molar-refractivity contribution in [3.8, 4) is 0 Å². The fraction of sp³-hybridized carbons (Fsp3) is 0.200. The predicted molar refractivity (Wildman–Crippen MR) is 36.3 cm³/mol. The molecule has 0 saturated heterocycles. The van der Waals surface area contributed by atoms with Crippen LogP contribution in [0.4, 0.5) is 0 Å². The van der Waals surface area contributed by atoms with Gasteiger partial charge in [-0.05, 0) is 0 Å². The van der Waals surface area contributed by atoms with Crippen LogP contribution < -0.4 is 5.32 Å². The molecule has 2 rings (SSSR count). The molecule has 2 heterocycles. The average Bonchev–Trinajstić information content (AvgIpc) is 2.36. The largest absolute Gasteiger partial charge is 0.314 e. The molecule has 0 aliphatic carbocycles. The van der Waals surface area contributed by atoms with E-state index in [1.54, 1.807) is 0 Å². The fourth-order valence-electron chi connectivity index (χ4n) is 0.826. The average molecular weight is 136 g/mol. The van der Waals surface area contributed by atoms with E-state index in [2.05, 4.69) is 20.3 Å². The third-order valence-corrected chi connectivity index (χ3v) is 1.30. The molecule has 0 radical (unpaired) electrons. The van der Waals surface area contributed by atoms with Crippen molar-refractivity contribution in [3.63, 3.8) is 0 Å². The molecule has 1 unspecified atom stereocenters. The van der Waals surface area contributed by atoms with Crippen LogP contribution in [0, 0.1) is 0 Å². The van der Waals surface area contributed by atoms with Crippen LogP contribution in [0.5, 0.6) is 0 Å². The van der Waals surface area contributed by atoms with Crippen molar-refractivity contribution in [3.05, 3.63) is 0 Å². The lowest BCUT2D eigenvalue weighted by atomic mass is 10.2. The Morgan fingerprint density at radius 2 is 2.50 bits per heavy atom. The van der Waals surface area contributed by atoms with Gasteiger partial charge in [-0.3, -0.25) is 9.79 Å². The van der Waals surface area contributed by atoms with Crippen molar-refractivity contribution in [2.45, 2.75) is 6.04 Å². The van der Waals surface area contributed by atoms with E-state index in [0.717, 1.165) is 0 Å². The molecule has 5 nitrogen and oxygen atoms in total. The van der Waals surface area contributed by atoms with E-state index in [4.69, 9.17) is 0 Å². The number of fused-ring (bicyclic) bond motifs is 1. The minimum atomic E-state index is -0.495. The molecule has 0 aromatic rings. The molecule has 0 aromatic heterocycles. The van der Waals surface area contributed by atoms with Crippen LogP contribution in [0.1, 0.15) is 0 Å². The van der Waals surface area contributed by atoms with Gasteiger partial charge in [-0.2, -0.15) is 0 Å². The molecule has 5 heteroatoms. The Morgan fingerprint density at radius 3 is 3.30 bits per heavy atom. The number of hydrogen-bond acceptors (Lipinski definition) is 4. The molecule has 1 N–H and O–H groups in total. The Kier molecular flexibility index (Phi) is 0.913. The summed E-state index contributed by atoms with van der Waals surface area (Å²) in [6, 6.07) is -0.495. The quantitative estimate of drug-likeness (QED) is 0.453. The Hall–Kier alpha value is -1.52. The first-order chi connectivity index (χ1) is 4.88. The number of nitrogens with zero attached hydrogens (tertiary/aromatic N) is 3. The van der Waals surface area contributed by atoms with Crippen LogP contribution in [0.25, 0.3) is 0 Å². The molecular formula is C5H4N4O. The molecule has 0 aromatic carbocycles. The van der Waals surface area contributed by atoms with Crippen molar-refractivity contribution < 1.29 is 4.79 Å². The zero-order chi connectivity index (χ0) is 6.97. The molecule has 1 amide bonds. The monoisotopic (exact) mass is 136 g/mol. The van der Waals surface area contributed by atoms with Crippen LogP contribution >= 0.6 is 0 Å². The summed E-state index contributed by atoms with van der Waals surface area (Å²) in [4.78, 5) is 22.2. The topological polar surface area (TPSA) is 66.2 Å². The fourth-order valence-corrected chi connectivity index (χ4v) is 0.826. The molecule has 1 atom stereocenters. The molecule has 0 bridgehead atoms. The van der Waals surface area contributed by atoms with Crippen LogP contribution in [0.3, 0.4) is 0 Å². The summed E-state index contributed by atoms with van der Waals surface area (Å²) in [7, 11) is 0. The summed E-state index contributed by atoms with van der Waals surface area (Å²) < 4.78 is 0. The second-order valence-electron chi connectivity index (χ2n) is 1.92. The Morgan fingerprint density at radius 1 is 1.60 bits per heavy atom. The van der Waals surface area contributed by atoms with E-state index in [1.165, 1.54) is 12.7 Å². The Balaban J connectivity index is 2.41. The number of aliphatic imine (C=N–C) groups is 3. The number of hydrogen-bond donors (Lipinski definition) is 1. The van der Waals surface area contributed by atoms with Crippen molar-refractivity contribution in [2.24, 2.45) is 15.0 Å². The third kappa shape index (κ3) is 0.570. The van der Waals surface area contributed by atoms with Gasteiger partial charge in [0.2, 0.25) is 0 Å². The highest BCUT2D eigenvalue weighted by Gasteiger charge is 2.27. The number of carbonyl (C=O) groups excluding carboxylic acids is 1. The van der Waals surface area contributed by atoms with E-state index in [0.29, 0.717) is 5.84 Å². The normalized spacial score (nSPS) is 27.8. The highest BCUT2D eigenvalue weighted by Crippen LogP contribution is 2.04. The molecule has 50 valence electrons. The molecule has 2 aliphatic rings. The van der Waals surface area contributed by atoms with Gasteiger partial charge in [-0.25, -0.2) is 9.98 Å². The van der Waals surface area contributed by atoms with Crippen LogP contribution in [-0.4, -0.2) is 30.5 Å². The maximum atomic E-state index is 10.9. The minimum absolute atomic E-state index is 0.164. The summed E-state index contributed by atoms with van der Waals surface area (Å²) >= 11 is 0. The zero-order valence-corrected chi connectivity index (χ0v) is 4.98. The first-order valence-electron chi connectivity index (χ1n) is 2.80. The lowest BCUT2D eigenvalue weighted by molar-refractivity contribution is -0.119. The van der Waals surface area contributed by atoms with E-state index in [-0.39, 0.29) is 5.91 Å². The smallest absolute Gasteiger partial charge is 0.257 e. The lowest BCUT2D eigenvalue weighted by Gasteiger charge is -2.09. The van der Waals surface area contributed by atoms with Crippen LogP contribution in [0.15, 0.2) is 15.0 Å². The lowest BCUT2D eigenvalue weighted by Crippen LogP contribution is -2.40. The van der Waals surface area contributed by atoms with Gasteiger partial charge < -0.3 is 5.32 Å². The molecule has 0 saturated carbocycles. The predicted octanol–water partition coefficient (Wildman–Crippen LogP) is -1.05. The van der Waals surface area contributed by atoms with Gasteiger partial charge in [-0.1, -0.05) is 0 Å². The summed E-state index contributed by atoms with van der Waals surface area (Å²) in [6.45, 7) is 0. The van der Waals surface area contributed by atoms with Gasteiger partial charge in [0.1, 0.15) is 6.34 Å². The van der Waals surface area contributed by atoms with Crippen LogP contribution in [-0.2, 0) is 4.79 Å². The Bertz CT molecular complexity index is 265. The van der Waals surface area contributed by atoms with E-state index in [9.17, 15) is 4.79 Å². The SMILES string of the molecule is O=C1NC=NC2=NC=NC12. The highest BCUT2D eigenvalue weighted by atomic mass is 16.2. The zero-order valence-electron chi connectivity index (χ0n) is 4.98. The van der Waals surface area contributed by atoms with Gasteiger partial charge in [0, 0.05) is 0 Å². The molecule has 0 fully saturated rings. The van der Waals surface area contributed by atoms with Gasteiger partial charge >= 0.3 is 0 Å². The first-order valence-corrected chi connectivity index (χ1v) is 2.80. The standard InChI is InChI=1S/C5H4N4O/c10-5-3-4(7-1-6-3)8-2-9-5/h1-3H,(H,6,7,8,9,10). The van der Waals surface area contributed by atoms with Gasteiger partial charge in [0.05, 0.1) is 6.34 Å².